The van der Waals surface area contributed by atoms with E-state index < -0.39 is 0 Å². The summed E-state index contributed by atoms with van der Waals surface area (Å²) in [5, 5.41) is 3.71. The first-order valence-electron chi connectivity index (χ1n) is 10.2. The molecule has 0 fully saturated rings. The molecular weight excluding hydrogens is 427 g/mol. The first-order valence-corrected chi connectivity index (χ1v) is 10.6. The number of hydrogen-bond donors (Lipinski definition) is 1. The van der Waals surface area contributed by atoms with Gasteiger partial charge < -0.3 is 14.6 Å². The van der Waals surface area contributed by atoms with Gasteiger partial charge in [-0.1, -0.05) is 48.0 Å². The summed E-state index contributed by atoms with van der Waals surface area (Å²) < 4.78 is 21.9. The number of nitrogens with zero attached hydrogens (tertiary/aromatic N) is 1. The van der Waals surface area contributed by atoms with E-state index >= 15 is 0 Å². The van der Waals surface area contributed by atoms with Crippen LogP contribution >= 0.6 is 11.6 Å². The van der Waals surface area contributed by atoms with Crippen LogP contribution in [0.1, 0.15) is 27.2 Å². The lowest BCUT2D eigenvalue weighted by molar-refractivity contribution is 0.103. The van der Waals surface area contributed by atoms with Crippen LogP contribution in [-0.2, 0) is 13.1 Å². The molecule has 0 spiro atoms. The van der Waals surface area contributed by atoms with Crippen molar-refractivity contribution >= 4 is 23.1 Å². The summed E-state index contributed by atoms with van der Waals surface area (Å²) in [6.07, 6.45) is 1.92. The number of fused-ring (bicyclic) bond motifs is 2. The van der Waals surface area contributed by atoms with Crippen LogP contribution in [0.2, 0.25) is 5.02 Å². The number of carbonyl (C=O) groups excluding carboxylic acids is 1. The maximum Gasteiger partial charge on any atom is 0.198 e. The summed E-state index contributed by atoms with van der Waals surface area (Å²) in [5.74, 6) is -0.230. The number of anilines is 1. The Balaban J connectivity index is 1.55. The summed E-state index contributed by atoms with van der Waals surface area (Å²) in [6, 6.07) is 19.5. The maximum atomic E-state index is 14.3. The summed E-state index contributed by atoms with van der Waals surface area (Å²) >= 11 is 6.51. The molecule has 4 nitrogen and oxygen atoms in total. The minimum Gasteiger partial charge on any atom is -0.496 e. The lowest BCUT2D eigenvalue weighted by atomic mass is 9.97. The molecule has 1 aromatic heterocycles. The number of ether oxygens (including phenoxy) is 1. The molecule has 1 aliphatic rings. The first-order chi connectivity index (χ1) is 15.6. The number of nitrogens with one attached hydrogen (secondary N) is 1. The van der Waals surface area contributed by atoms with Crippen molar-refractivity contribution < 1.29 is 13.9 Å². The zero-order chi connectivity index (χ0) is 22.2. The molecule has 4 aromatic rings. The van der Waals surface area contributed by atoms with Crippen LogP contribution in [0.3, 0.4) is 0 Å². The number of halogens is 2. The Kier molecular flexibility index (Phi) is 5.19. The zero-order valence-electron chi connectivity index (χ0n) is 17.4. The van der Waals surface area contributed by atoms with E-state index in [9.17, 15) is 9.18 Å². The van der Waals surface area contributed by atoms with Crippen molar-refractivity contribution in [1.82, 2.24) is 4.57 Å². The van der Waals surface area contributed by atoms with E-state index in [4.69, 9.17) is 16.3 Å². The van der Waals surface area contributed by atoms with Gasteiger partial charge in [0.05, 0.1) is 19.2 Å². The van der Waals surface area contributed by atoms with Gasteiger partial charge in [0.2, 0.25) is 0 Å². The largest absolute Gasteiger partial charge is 0.496 e. The molecule has 0 amide bonds. The van der Waals surface area contributed by atoms with Crippen molar-refractivity contribution in [2.75, 3.05) is 12.4 Å². The molecule has 0 bridgehead atoms. The second kappa shape index (κ2) is 8.17. The van der Waals surface area contributed by atoms with Gasteiger partial charge in [-0.3, -0.25) is 4.79 Å². The molecule has 3 aromatic carbocycles. The Morgan fingerprint density at radius 3 is 2.62 bits per heavy atom. The average molecular weight is 447 g/mol. The second-order valence-electron chi connectivity index (χ2n) is 7.66. The van der Waals surface area contributed by atoms with Crippen LogP contribution in [0.25, 0.3) is 11.1 Å². The number of para-hydroxylation sites is 1. The van der Waals surface area contributed by atoms with Crippen molar-refractivity contribution in [3.05, 3.63) is 106 Å². The molecule has 0 unspecified atom stereocenters. The summed E-state index contributed by atoms with van der Waals surface area (Å²) in [7, 11) is 1.49. The highest BCUT2D eigenvalue weighted by Crippen LogP contribution is 2.37. The molecule has 160 valence electrons. The number of methoxy groups -OCH3 is 1. The normalized spacial score (nSPS) is 12.3. The quantitative estimate of drug-likeness (QED) is 0.382. The minimum atomic E-state index is -0.390. The highest BCUT2D eigenvalue weighted by Gasteiger charge is 2.24. The zero-order valence-corrected chi connectivity index (χ0v) is 18.1. The Morgan fingerprint density at radius 2 is 1.81 bits per heavy atom. The smallest absolute Gasteiger partial charge is 0.198 e. The van der Waals surface area contributed by atoms with Gasteiger partial charge in [0.15, 0.2) is 5.78 Å². The van der Waals surface area contributed by atoms with E-state index in [0.29, 0.717) is 41.1 Å². The molecule has 2 heterocycles. The Hall–Kier alpha value is -3.57. The third-order valence-electron chi connectivity index (χ3n) is 5.83. The molecule has 0 radical (unpaired) electrons. The van der Waals surface area contributed by atoms with Gasteiger partial charge in [-0.25, -0.2) is 4.39 Å². The third kappa shape index (κ3) is 3.45. The molecule has 0 saturated carbocycles. The van der Waals surface area contributed by atoms with Crippen LogP contribution in [0, 0.1) is 5.82 Å². The molecule has 32 heavy (non-hydrogen) atoms. The van der Waals surface area contributed by atoms with E-state index in [2.05, 4.69) is 16.0 Å². The first kappa shape index (κ1) is 20.3. The van der Waals surface area contributed by atoms with Crippen LogP contribution < -0.4 is 10.1 Å². The standard InChI is InChI=1S/C26H20ClFN2O2/c1-32-25-13-19(17-7-3-4-8-22(17)28)21(27)12-20(25)26(31)18-10-11-30-15-16-6-2-5-9-23(16)29-14-24(18)30/h2-13,29H,14-15H2,1H3. The molecule has 6 heteroatoms. The Bertz CT molecular complexity index is 1350. The summed E-state index contributed by atoms with van der Waals surface area (Å²) in [4.78, 5) is 13.6. The molecule has 5 rings (SSSR count). The Labute approximate surface area is 190 Å². The maximum absolute atomic E-state index is 14.3. The van der Waals surface area contributed by atoms with Gasteiger partial charge >= 0.3 is 0 Å². The van der Waals surface area contributed by atoms with Crippen LogP contribution in [0.4, 0.5) is 10.1 Å². The monoisotopic (exact) mass is 446 g/mol. The number of benzene rings is 3. The van der Waals surface area contributed by atoms with E-state index in [-0.39, 0.29) is 16.6 Å². The van der Waals surface area contributed by atoms with E-state index in [1.54, 1.807) is 30.3 Å². The fourth-order valence-electron chi connectivity index (χ4n) is 4.18. The summed E-state index contributed by atoms with van der Waals surface area (Å²) in [5.41, 5.74) is 4.87. The van der Waals surface area contributed by atoms with Gasteiger partial charge in [0.25, 0.3) is 0 Å². The molecule has 1 aliphatic heterocycles. The van der Waals surface area contributed by atoms with Crippen molar-refractivity contribution in [2.45, 2.75) is 13.1 Å². The fourth-order valence-corrected chi connectivity index (χ4v) is 4.45. The summed E-state index contributed by atoms with van der Waals surface area (Å²) in [6.45, 7) is 1.20. The third-order valence-corrected chi connectivity index (χ3v) is 6.14. The number of ketones is 1. The van der Waals surface area contributed by atoms with Crippen LogP contribution in [0.5, 0.6) is 5.75 Å². The van der Waals surface area contributed by atoms with E-state index in [1.807, 2.05) is 30.5 Å². The number of hydrogen-bond acceptors (Lipinski definition) is 3. The highest BCUT2D eigenvalue weighted by atomic mass is 35.5. The molecule has 0 saturated heterocycles. The lowest BCUT2D eigenvalue weighted by Crippen LogP contribution is -2.11. The highest BCUT2D eigenvalue weighted by molar-refractivity contribution is 6.34. The number of carbonyl (C=O) groups is 1. The van der Waals surface area contributed by atoms with Crippen molar-refractivity contribution in [1.29, 1.82) is 0 Å². The lowest BCUT2D eigenvalue weighted by Gasteiger charge is -2.14. The predicted octanol–water partition coefficient (Wildman–Crippen LogP) is 6.16. The van der Waals surface area contributed by atoms with Crippen molar-refractivity contribution in [2.24, 2.45) is 0 Å². The number of rotatable bonds is 4. The second-order valence-corrected chi connectivity index (χ2v) is 8.06. The van der Waals surface area contributed by atoms with Crippen LogP contribution in [-0.4, -0.2) is 17.5 Å². The molecule has 0 atom stereocenters. The molecule has 0 aliphatic carbocycles. The topological polar surface area (TPSA) is 43.3 Å². The van der Waals surface area contributed by atoms with E-state index in [1.165, 1.54) is 13.2 Å². The number of aromatic nitrogens is 1. The van der Waals surface area contributed by atoms with Crippen molar-refractivity contribution in [3.63, 3.8) is 0 Å². The van der Waals surface area contributed by atoms with Gasteiger partial charge in [-0.15, -0.1) is 0 Å². The Morgan fingerprint density at radius 1 is 1.03 bits per heavy atom. The van der Waals surface area contributed by atoms with Crippen LogP contribution in [0.15, 0.2) is 72.9 Å². The van der Waals surface area contributed by atoms with Gasteiger partial charge in [0, 0.05) is 45.8 Å². The van der Waals surface area contributed by atoms with Gasteiger partial charge in [0.1, 0.15) is 11.6 Å². The fraction of sp³-hybridized carbons (Fsp3) is 0.115. The minimum absolute atomic E-state index is 0.190. The molecule has 1 N–H and O–H groups in total. The van der Waals surface area contributed by atoms with E-state index in [0.717, 1.165) is 16.9 Å². The SMILES string of the molecule is COc1cc(-c2ccccc2F)c(Cl)cc1C(=O)c1ccn2c1CNc1ccccc1C2. The predicted molar refractivity (Wildman–Crippen MR) is 124 cm³/mol. The van der Waals surface area contributed by atoms with Gasteiger partial charge in [-0.2, -0.15) is 0 Å². The van der Waals surface area contributed by atoms with Gasteiger partial charge in [-0.05, 0) is 35.9 Å². The average Bonchev–Trinajstić information content (AvgIpc) is 3.11. The molecular formula is C26H20ClFN2O2. The van der Waals surface area contributed by atoms with Crippen molar-refractivity contribution in [3.8, 4) is 16.9 Å².